The first-order valence-corrected chi connectivity index (χ1v) is 18.0. The van der Waals surface area contributed by atoms with Gasteiger partial charge in [0, 0.05) is 21.7 Å². The van der Waals surface area contributed by atoms with Gasteiger partial charge in [-0.15, -0.1) is 11.8 Å². The lowest BCUT2D eigenvalue weighted by atomic mass is 9.68. The Bertz CT molecular complexity index is 1870. The van der Waals surface area contributed by atoms with Crippen molar-refractivity contribution in [2.45, 2.75) is 49.4 Å². The van der Waals surface area contributed by atoms with Crippen LogP contribution in [0.25, 0.3) is 0 Å². The van der Waals surface area contributed by atoms with E-state index in [2.05, 4.69) is 10.3 Å². The van der Waals surface area contributed by atoms with Crippen molar-refractivity contribution in [3.05, 3.63) is 62.6 Å². The van der Waals surface area contributed by atoms with Crippen LogP contribution in [-0.2, 0) is 19.2 Å². The second-order valence-corrected chi connectivity index (χ2v) is 15.4. The zero-order valence-electron chi connectivity index (χ0n) is 27.3. The Labute approximate surface area is 290 Å². The molecule has 12 nitrogen and oxygen atoms in total. The van der Waals surface area contributed by atoms with Gasteiger partial charge in [-0.25, -0.2) is 4.79 Å². The third-order valence-corrected chi connectivity index (χ3v) is 12.9. The van der Waals surface area contributed by atoms with Crippen molar-refractivity contribution < 1.29 is 38.5 Å². The van der Waals surface area contributed by atoms with Crippen LogP contribution in [0, 0.1) is 35.5 Å². The molecule has 14 heteroatoms. The van der Waals surface area contributed by atoms with Crippen LogP contribution in [0.2, 0.25) is 0 Å². The lowest BCUT2D eigenvalue weighted by Crippen LogP contribution is -2.49. The van der Waals surface area contributed by atoms with E-state index in [9.17, 15) is 29.1 Å². The number of nitrogens with zero attached hydrogens (tertiary/aromatic N) is 1. The summed E-state index contributed by atoms with van der Waals surface area (Å²) in [7, 11) is 1.57. The van der Waals surface area contributed by atoms with Crippen molar-refractivity contribution in [3.63, 3.8) is 0 Å². The number of H-pyrrole nitrogens is 1. The number of thiazole rings is 1. The fourth-order valence-corrected chi connectivity index (χ4v) is 11.4. The fraction of sp³-hybridized carbons (Fsp3) is 0.457. The molecule has 0 radical (unpaired) electrons. The summed E-state index contributed by atoms with van der Waals surface area (Å²) in [4.78, 5) is 70.1. The standard InChI is InChI=1S/C35H37N3O9S2/c1-5-46-22-12-16(6-11-21(22)47-14-23(39)36-17-7-9-18(45-4)10-8-17)24-25-19-13-20(29(25)48-31-30(24)49-35(44)37-31)27-26(19)32(40)38(33(27)41)28(15(2)3)34(42)43/h6-12,15,19-20,24-29H,5,13-14H2,1-4H3,(H,36,39)(H,37,44)(H,42,43)/t19?,20?,24-,25?,26?,27?,28?,29?/m1/s1. The number of carbonyl (C=O) groups is 4. The van der Waals surface area contributed by atoms with Gasteiger partial charge in [0.15, 0.2) is 18.1 Å². The maximum Gasteiger partial charge on any atom is 0.327 e. The molecule has 2 bridgehead atoms. The van der Waals surface area contributed by atoms with Crippen LogP contribution in [0.15, 0.2) is 52.3 Å². The number of imide groups is 1. The highest BCUT2D eigenvalue weighted by atomic mass is 32.2. The number of carboxylic acid groups (broad SMARTS) is 1. The van der Waals surface area contributed by atoms with Crippen molar-refractivity contribution in [2.75, 3.05) is 25.6 Å². The number of likely N-dealkylation sites (tertiary alicyclic amines) is 1. The number of aromatic nitrogens is 1. The normalized spacial score (nSPS) is 27.0. The Morgan fingerprint density at radius 3 is 2.39 bits per heavy atom. The minimum atomic E-state index is -1.21. The van der Waals surface area contributed by atoms with Gasteiger partial charge >= 0.3 is 10.8 Å². The van der Waals surface area contributed by atoms with Crippen molar-refractivity contribution in [1.29, 1.82) is 0 Å². The molecular weight excluding hydrogens is 671 g/mol. The summed E-state index contributed by atoms with van der Waals surface area (Å²) in [5.74, 6) is -3.08. The van der Waals surface area contributed by atoms with Gasteiger partial charge in [0.1, 0.15) is 11.8 Å². The highest BCUT2D eigenvalue weighted by molar-refractivity contribution is 8.00. The molecule has 3 heterocycles. The van der Waals surface area contributed by atoms with Gasteiger partial charge in [0.2, 0.25) is 11.8 Å². The van der Waals surface area contributed by atoms with E-state index in [1.165, 1.54) is 0 Å². The van der Waals surface area contributed by atoms with Crippen LogP contribution in [-0.4, -0.2) is 70.3 Å². The van der Waals surface area contributed by atoms with E-state index in [-0.39, 0.29) is 52.2 Å². The monoisotopic (exact) mass is 707 g/mol. The molecule has 7 rings (SSSR count). The lowest BCUT2D eigenvalue weighted by Gasteiger charge is -2.43. The number of carboxylic acids is 1. The van der Waals surface area contributed by atoms with Crippen LogP contribution in [0.1, 0.15) is 43.6 Å². The van der Waals surface area contributed by atoms with E-state index in [0.717, 1.165) is 31.7 Å². The van der Waals surface area contributed by atoms with Gasteiger partial charge in [0.25, 0.3) is 5.91 Å². The molecule has 3 N–H and O–H groups in total. The van der Waals surface area contributed by atoms with Gasteiger partial charge in [-0.05, 0) is 79.0 Å². The molecule has 3 fully saturated rings. The molecule has 3 aromatic rings. The molecule has 2 aliphatic heterocycles. The Hall–Kier alpha value is -4.30. The number of carbonyl (C=O) groups excluding carboxylic acids is 3. The predicted octanol–water partition coefficient (Wildman–Crippen LogP) is 4.44. The minimum Gasteiger partial charge on any atom is -0.497 e. The minimum absolute atomic E-state index is 0.0545. The summed E-state index contributed by atoms with van der Waals surface area (Å²) >= 11 is 2.71. The van der Waals surface area contributed by atoms with Crippen molar-refractivity contribution in [3.8, 4) is 17.2 Å². The Morgan fingerprint density at radius 1 is 1.02 bits per heavy atom. The number of methoxy groups -OCH3 is 1. The molecule has 49 heavy (non-hydrogen) atoms. The van der Waals surface area contributed by atoms with E-state index >= 15 is 0 Å². The number of anilines is 1. The van der Waals surface area contributed by atoms with Gasteiger partial charge in [-0.2, -0.15) is 0 Å². The number of hydrogen-bond donors (Lipinski definition) is 3. The Balaban J connectivity index is 1.18. The second kappa shape index (κ2) is 12.9. The molecule has 1 aromatic heterocycles. The topological polar surface area (TPSA) is 164 Å². The molecule has 8 atom stereocenters. The number of rotatable bonds is 11. The molecule has 2 saturated carbocycles. The van der Waals surface area contributed by atoms with Crippen LogP contribution >= 0.6 is 23.1 Å². The van der Waals surface area contributed by atoms with Crippen molar-refractivity contribution >= 4 is 52.5 Å². The van der Waals surface area contributed by atoms with E-state index in [4.69, 9.17) is 14.2 Å². The molecule has 1 saturated heterocycles. The largest absolute Gasteiger partial charge is 0.497 e. The van der Waals surface area contributed by atoms with E-state index in [0.29, 0.717) is 36.0 Å². The average molecular weight is 708 g/mol. The zero-order chi connectivity index (χ0) is 34.7. The third-order valence-electron chi connectivity index (χ3n) is 10.3. The summed E-state index contributed by atoms with van der Waals surface area (Å²) in [5.41, 5.74) is 1.47. The molecule has 258 valence electrons. The average Bonchev–Trinajstić information content (AvgIpc) is 3.80. The van der Waals surface area contributed by atoms with E-state index in [1.54, 1.807) is 63.1 Å². The fourth-order valence-electron chi connectivity index (χ4n) is 8.50. The number of aromatic amines is 1. The van der Waals surface area contributed by atoms with Gasteiger partial charge in [-0.3, -0.25) is 24.1 Å². The number of fused-ring (bicyclic) bond motifs is 9. The third kappa shape index (κ3) is 5.58. The second-order valence-electron chi connectivity index (χ2n) is 13.2. The first kappa shape index (κ1) is 33.2. The van der Waals surface area contributed by atoms with Gasteiger partial charge in [0.05, 0.1) is 30.6 Å². The van der Waals surface area contributed by atoms with E-state index in [1.807, 2.05) is 19.1 Å². The number of aliphatic carboxylic acids is 1. The SMILES string of the molecule is CCOc1cc([C@H]2c3sc(=O)[nH]c3SC3C4CC(C5C(=O)N(C(C(=O)O)C(C)C)C(=O)C45)C32)ccc1OCC(=O)Nc1ccc(OC)cc1. The number of hydrogen-bond acceptors (Lipinski definition) is 10. The smallest absolute Gasteiger partial charge is 0.327 e. The summed E-state index contributed by atoms with van der Waals surface area (Å²) < 4.78 is 17.1. The Morgan fingerprint density at radius 2 is 1.73 bits per heavy atom. The maximum atomic E-state index is 14.0. The predicted molar refractivity (Wildman–Crippen MR) is 181 cm³/mol. The number of ether oxygens (including phenoxy) is 3. The molecule has 7 unspecified atom stereocenters. The summed E-state index contributed by atoms with van der Waals surface area (Å²) in [6.07, 6.45) is 0.681. The highest BCUT2D eigenvalue weighted by Crippen LogP contribution is 2.68. The molecule has 2 aliphatic carbocycles. The highest BCUT2D eigenvalue weighted by Gasteiger charge is 2.70. The number of amides is 3. The maximum absolute atomic E-state index is 14.0. The molecule has 3 amide bonds. The first-order chi connectivity index (χ1) is 23.5. The molecular formula is C35H37N3O9S2. The van der Waals surface area contributed by atoms with Crippen LogP contribution in [0.5, 0.6) is 17.2 Å². The van der Waals surface area contributed by atoms with E-state index < -0.39 is 35.7 Å². The van der Waals surface area contributed by atoms with Gasteiger partial charge < -0.3 is 29.6 Å². The Kier molecular flexibility index (Phi) is 8.72. The summed E-state index contributed by atoms with van der Waals surface area (Å²) in [5, 5.41) is 13.5. The van der Waals surface area contributed by atoms with Crippen LogP contribution < -0.4 is 24.4 Å². The van der Waals surface area contributed by atoms with Crippen molar-refractivity contribution in [1.82, 2.24) is 9.88 Å². The van der Waals surface area contributed by atoms with Crippen molar-refractivity contribution in [2.24, 2.45) is 35.5 Å². The van der Waals surface area contributed by atoms with Crippen LogP contribution in [0.4, 0.5) is 5.69 Å². The molecule has 4 aliphatic rings. The summed E-state index contributed by atoms with van der Waals surface area (Å²) in [6.45, 7) is 5.35. The molecule has 2 aromatic carbocycles. The van der Waals surface area contributed by atoms with Crippen LogP contribution in [0.3, 0.4) is 0 Å². The lowest BCUT2D eigenvalue weighted by molar-refractivity contribution is -0.157. The van der Waals surface area contributed by atoms with Gasteiger partial charge in [-0.1, -0.05) is 31.3 Å². The first-order valence-electron chi connectivity index (χ1n) is 16.3. The number of nitrogens with one attached hydrogen (secondary N) is 2. The number of benzene rings is 2. The zero-order valence-corrected chi connectivity index (χ0v) is 29.0. The molecule has 0 spiro atoms. The summed E-state index contributed by atoms with van der Waals surface area (Å²) in [6, 6.07) is 11.3. The quantitative estimate of drug-likeness (QED) is 0.243. The number of thioether (sulfide) groups is 1.